The van der Waals surface area contributed by atoms with Gasteiger partial charge in [-0.15, -0.1) is 24.0 Å². The van der Waals surface area contributed by atoms with Crippen molar-refractivity contribution in [2.45, 2.75) is 11.8 Å². The summed E-state index contributed by atoms with van der Waals surface area (Å²) in [5.41, 5.74) is 0. The number of ether oxygens (including phenoxy) is 1. The predicted molar refractivity (Wildman–Crippen MR) is 67.9 cm³/mol. The van der Waals surface area contributed by atoms with Crippen molar-refractivity contribution in [2.75, 3.05) is 6.61 Å². The number of fused-ring (bicyclic) bond motifs is 1. The van der Waals surface area contributed by atoms with Gasteiger partial charge in [0.15, 0.2) is 0 Å². The normalized spacial score (nSPS) is 10.8. The van der Waals surface area contributed by atoms with Crippen LogP contribution in [-0.4, -0.2) is 6.61 Å². The Bertz CT molecular complexity index is 464. The zero-order valence-electron chi connectivity index (χ0n) is 7.58. The monoisotopic (exact) mass is 288 g/mol. The van der Waals surface area contributed by atoms with Gasteiger partial charge in [0, 0.05) is 15.0 Å². The molecular weight excluding hydrogens is 280 g/mol. The van der Waals surface area contributed by atoms with Gasteiger partial charge in [-0.05, 0) is 40.4 Å². The molecule has 2 rings (SSSR count). The SMILES string of the molecule is CCOc1cc2sccc2c(S)c1Br. The molecule has 1 aromatic heterocycles. The number of hydrogen-bond donors (Lipinski definition) is 1. The van der Waals surface area contributed by atoms with Gasteiger partial charge in [-0.2, -0.15) is 0 Å². The largest absolute Gasteiger partial charge is 0.493 e. The first-order valence-electron chi connectivity index (χ1n) is 4.25. The molecule has 0 aliphatic heterocycles. The first kappa shape index (κ1) is 10.3. The van der Waals surface area contributed by atoms with Crippen LogP contribution in [0, 0.1) is 0 Å². The number of thiol groups is 1. The maximum absolute atomic E-state index is 5.51. The van der Waals surface area contributed by atoms with E-state index < -0.39 is 0 Å². The smallest absolute Gasteiger partial charge is 0.136 e. The zero-order chi connectivity index (χ0) is 10.1. The molecule has 0 amide bonds. The third kappa shape index (κ3) is 1.66. The van der Waals surface area contributed by atoms with E-state index >= 15 is 0 Å². The van der Waals surface area contributed by atoms with Crippen LogP contribution < -0.4 is 4.74 Å². The Morgan fingerprint density at radius 3 is 3.07 bits per heavy atom. The van der Waals surface area contributed by atoms with Crippen LogP contribution in [0.3, 0.4) is 0 Å². The number of thiophene rings is 1. The second-order valence-electron chi connectivity index (χ2n) is 2.80. The topological polar surface area (TPSA) is 9.23 Å². The number of rotatable bonds is 2. The van der Waals surface area contributed by atoms with E-state index in [1.165, 1.54) is 10.1 Å². The van der Waals surface area contributed by atoms with Crippen molar-refractivity contribution < 1.29 is 4.74 Å². The standard InChI is InChI=1S/C10H9BrOS2/c1-2-12-7-5-8-6(3-4-14-8)10(13)9(7)11/h3-5,13H,2H2,1H3. The summed E-state index contributed by atoms with van der Waals surface area (Å²) in [6.45, 7) is 2.64. The molecule has 14 heavy (non-hydrogen) atoms. The van der Waals surface area contributed by atoms with E-state index in [2.05, 4.69) is 40.0 Å². The molecule has 2 aromatic rings. The van der Waals surface area contributed by atoms with Crippen LogP contribution >= 0.6 is 39.9 Å². The highest BCUT2D eigenvalue weighted by Gasteiger charge is 2.10. The van der Waals surface area contributed by atoms with Gasteiger partial charge in [-0.3, -0.25) is 0 Å². The predicted octanol–water partition coefficient (Wildman–Crippen LogP) is 4.35. The summed E-state index contributed by atoms with van der Waals surface area (Å²) in [6, 6.07) is 4.12. The summed E-state index contributed by atoms with van der Waals surface area (Å²) in [7, 11) is 0. The molecular formula is C10H9BrOS2. The van der Waals surface area contributed by atoms with E-state index in [9.17, 15) is 0 Å². The van der Waals surface area contributed by atoms with Crippen molar-refractivity contribution in [3.05, 3.63) is 22.0 Å². The fraction of sp³-hybridized carbons (Fsp3) is 0.200. The minimum absolute atomic E-state index is 0.669. The minimum Gasteiger partial charge on any atom is -0.493 e. The fourth-order valence-electron chi connectivity index (χ4n) is 1.31. The van der Waals surface area contributed by atoms with Crippen molar-refractivity contribution in [3.63, 3.8) is 0 Å². The summed E-state index contributed by atoms with van der Waals surface area (Å²) in [5.74, 6) is 0.868. The van der Waals surface area contributed by atoms with E-state index in [-0.39, 0.29) is 0 Å². The quantitative estimate of drug-likeness (QED) is 0.809. The van der Waals surface area contributed by atoms with Crippen molar-refractivity contribution in [1.82, 2.24) is 0 Å². The van der Waals surface area contributed by atoms with Crippen LogP contribution in [0.15, 0.2) is 26.9 Å². The summed E-state index contributed by atoms with van der Waals surface area (Å²) >= 11 is 9.66. The van der Waals surface area contributed by atoms with Crippen molar-refractivity contribution in [2.24, 2.45) is 0 Å². The molecule has 0 saturated heterocycles. The van der Waals surface area contributed by atoms with Crippen LogP contribution in [0.1, 0.15) is 6.92 Å². The molecule has 1 aromatic carbocycles. The first-order chi connectivity index (χ1) is 6.74. The second kappa shape index (κ2) is 4.13. The number of hydrogen-bond acceptors (Lipinski definition) is 3. The van der Waals surface area contributed by atoms with Crippen LogP contribution in [-0.2, 0) is 0 Å². The lowest BCUT2D eigenvalue weighted by molar-refractivity contribution is 0.338. The average Bonchev–Trinajstić information content (AvgIpc) is 2.62. The van der Waals surface area contributed by atoms with Gasteiger partial charge in [-0.25, -0.2) is 0 Å². The summed E-state index contributed by atoms with van der Waals surface area (Å²) in [5, 5.41) is 3.24. The third-order valence-corrected chi connectivity index (χ3v) is 4.36. The lowest BCUT2D eigenvalue weighted by Gasteiger charge is -2.08. The Balaban J connectivity index is 2.67. The molecule has 0 aliphatic rings. The molecule has 1 nitrogen and oxygen atoms in total. The Morgan fingerprint density at radius 1 is 1.57 bits per heavy atom. The maximum Gasteiger partial charge on any atom is 0.136 e. The van der Waals surface area contributed by atoms with Gasteiger partial charge >= 0.3 is 0 Å². The highest BCUT2D eigenvalue weighted by atomic mass is 79.9. The van der Waals surface area contributed by atoms with E-state index in [1.807, 2.05) is 13.0 Å². The van der Waals surface area contributed by atoms with Gasteiger partial charge in [0.05, 0.1) is 11.1 Å². The second-order valence-corrected chi connectivity index (χ2v) is 4.99. The first-order valence-corrected chi connectivity index (χ1v) is 6.37. The van der Waals surface area contributed by atoms with Crippen molar-refractivity contribution in [1.29, 1.82) is 0 Å². The molecule has 0 unspecified atom stereocenters. The molecule has 0 radical (unpaired) electrons. The fourth-order valence-corrected chi connectivity index (χ4v) is 2.95. The zero-order valence-corrected chi connectivity index (χ0v) is 10.9. The lowest BCUT2D eigenvalue weighted by Crippen LogP contribution is -1.92. The number of halogens is 1. The van der Waals surface area contributed by atoms with Crippen LogP contribution in [0.4, 0.5) is 0 Å². The lowest BCUT2D eigenvalue weighted by atomic mass is 10.2. The summed E-state index contributed by atoms with van der Waals surface area (Å²) in [4.78, 5) is 0.951. The van der Waals surface area contributed by atoms with Crippen molar-refractivity contribution >= 4 is 50.0 Å². The molecule has 4 heteroatoms. The van der Waals surface area contributed by atoms with Gasteiger partial charge in [0.25, 0.3) is 0 Å². The van der Waals surface area contributed by atoms with Crippen LogP contribution in [0.2, 0.25) is 0 Å². The molecule has 0 bridgehead atoms. The molecule has 74 valence electrons. The Labute approximate surface area is 101 Å². The average molecular weight is 289 g/mol. The van der Waals surface area contributed by atoms with E-state index in [4.69, 9.17) is 4.74 Å². The highest BCUT2D eigenvalue weighted by Crippen LogP contribution is 2.39. The molecule has 0 spiro atoms. The van der Waals surface area contributed by atoms with E-state index in [1.54, 1.807) is 11.3 Å². The Kier molecular flexibility index (Phi) is 3.04. The van der Waals surface area contributed by atoms with Gasteiger partial charge in [0.1, 0.15) is 5.75 Å². The minimum atomic E-state index is 0.669. The highest BCUT2D eigenvalue weighted by molar-refractivity contribution is 9.10. The Morgan fingerprint density at radius 2 is 2.36 bits per heavy atom. The maximum atomic E-state index is 5.51. The van der Waals surface area contributed by atoms with Gasteiger partial charge in [-0.1, -0.05) is 0 Å². The van der Waals surface area contributed by atoms with Crippen molar-refractivity contribution in [3.8, 4) is 5.75 Å². The van der Waals surface area contributed by atoms with Crippen LogP contribution in [0.25, 0.3) is 10.1 Å². The van der Waals surface area contributed by atoms with E-state index in [0.717, 1.165) is 15.1 Å². The summed E-state index contributed by atoms with van der Waals surface area (Å²) < 4.78 is 7.65. The number of benzene rings is 1. The molecule has 0 N–H and O–H groups in total. The molecule has 0 aliphatic carbocycles. The molecule has 0 atom stereocenters. The summed E-state index contributed by atoms with van der Waals surface area (Å²) in [6.07, 6.45) is 0. The van der Waals surface area contributed by atoms with E-state index in [0.29, 0.717) is 6.61 Å². The third-order valence-electron chi connectivity index (χ3n) is 1.94. The molecule has 0 saturated carbocycles. The molecule has 0 fully saturated rings. The Hall–Kier alpha value is -0.190. The van der Waals surface area contributed by atoms with Crippen LogP contribution in [0.5, 0.6) is 5.75 Å². The van der Waals surface area contributed by atoms with Gasteiger partial charge < -0.3 is 4.74 Å². The van der Waals surface area contributed by atoms with Gasteiger partial charge in [0.2, 0.25) is 0 Å². The molecule has 1 heterocycles.